The molecule has 0 saturated heterocycles. The third-order valence-electron chi connectivity index (χ3n) is 2.17. The highest BCUT2D eigenvalue weighted by Crippen LogP contribution is 2.15. The maximum absolute atomic E-state index is 11.6. The quantitative estimate of drug-likeness (QED) is 0.681. The van der Waals surface area contributed by atoms with Gasteiger partial charge in [0.15, 0.2) is 0 Å². The predicted octanol–water partition coefficient (Wildman–Crippen LogP) is -0.378. The van der Waals surface area contributed by atoms with Gasteiger partial charge in [-0.2, -0.15) is 0 Å². The summed E-state index contributed by atoms with van der Waals surface area (Å²) >= 11 is 1.00. The number of nitrogens with one attached hydrogen (secondary N) is 2. The van der Waals surface area contributed by atoms with Crippen molar-refractivity contribution in [2.45, 2.75) is 13.8 Å². The van der Waals surface area contributed by atoms with Gasteiger partial charge in [-0.1, -0.05) is 11.3 Å². The highest BCUT2D eigenvalue weighted by atomic mass is 32.1. The summed E-state index contributed by atoms with van der Waals surface area (Å²) in [5, 5.41) is 12.7. The minimum absolute atomic E-state index is 0.144. The van der Waals surface area contributed by atoms with Crippen LogP contribution in [-0.4, -0.2) is 35.6 Å². The van der Waals surface area contributed by atoms with Gasteiger partial charge in [-0.3, -0.25) is 9.59 Å². The minimum atomic E-state index is -0.680. The molecule has 0 saturated carbocycles. The molecule has 0 aromatic carbocycles. The van der Waals surface area contributed by atoms with Crippen molar-refractivity contribution >= 4 is 28.3 Å². The zero-order valence-electron chi connectivity index (χ0n) is 9.90. The maximum atomic E-state index is 11.6. The maximum Gasteiger partial charge on any atom is 0.282 e. The van der Waals surface area contributed by atoms with Gasteiger partial charge < -0.3 is 16.4 Å². The van der Waals surface area contributed by atoms with Crippen molar-refractivity contribution in [3.05, 3.63) is 5.01 Å². The molecule has 1 aromatic rings. The Morgan fingerprint density at radius 2 is 2.06 bits per heavy atom. The SMILES string of the molecule is CNC(=O)C(C)(C)CNC(=O)c1nnc(N)s1. The van der Waals surface area contributed by atoms with Crippen LogP contribution in [0.15, 0.2) is 0 Å². The molecule has 0 fully saturated rings. The second-order valence-electron chi connectivity index (χ2n) is 4.09. The molecule has 1 heterocycles. The van der Waals surface area contributed by atoms with Crippen LogP contribution in [0.1, 0.15) is 23.6 Å². The molecule has 0 atom stereocenters. The van der Waals surface area contributed by atoms with Crippen LogP contribution in [0.3, 0.4) is 0 Å². The van der Waals surface area contributed by atoms with Crippen molar-refractivity contribution in [3.63, 3.8) is 0 Å². The summed E-state index contributed by atoms with van der Waals surface area (Å²) in [5.41, 5.74) is 4.69. The molecule has 0 bridgehead atoms. The third kappa shape index (κ3) is 3.38. The number of hydrogen-bond donors (Lipinski definition) is 3. The molecule has 1 aromatic heterocycles. The smallest absolute Gasteiger partial charge is 0.282 e. The average molecular weight is 257 g/mol. The number of carbonyl (C=O) groups is 2. The molecule has 0 aliphatic heterocycles. The van der Waals surface area contributed by atoms with E-state index >= 15 is 0 Å². The standard InChI is InChI=1S/C9H15N5O2S/c1-9(2,7(16)11-3)4-12-5(15)6-13-14-8(10)17-6/h4H2,1-3H3,(H2,10,14)(H,11,16)(H,12,15). The van der Waals surface area contributed by atoms with E-state index in [1.54, 1.807) is 20.9 Å². The number of aromatic nitrogens is 2. The zero-order chi connectivity index (χ0) is 13.1. The average Bonchev–Trinajstić information content (AvgIpc) is 2.71. The van der Waals surface area contributed by atoms with Crippen LogP contribution in [0, 0.1) is 5.41 Å². The molecule has 0 aliphatic rings. The largest absolute Gasteiger partial charge is 0.374 e. The topological polar surface area (TPSA) is 110 Å². The van der Waals surface area contributed by atoms with Crippen molar-refractivity contribution in [1.82, 2.24) is 20.8 Å². The van der Waals surface area contributed by atoms with Gasteiger partial charge in [-0.25, -0.2) is 0 Å². The van der Waals surface area contributed by atoms with Crippen molar-refractivity contribution in [2.75, 3.05) is 19.3 Å². The van der Waals surface area contributed by atoms with Crippen molar-refractivity contribution in [2.24, 2.45) is 5.41 Å². The summed E-state index contributed by atoms with van der Waals surface area (Å²) in [6.45, 7) is 3.69. The predicted molar refractivity (Wildman–Crippen MR) is 64.5 cm³/mol. The molecule has 0 radical (unpaired) electrons. The number of nitrogen functional groups attached to an aromatic ring is 1. The van der Waals surface area contributed by atoms with Gasteiger partial charge in [0.2, 0.25) is 16.0 Å². The Morgan fingerprint density at radius 1 is 1.41 bits per heavy atom. The molecule has 94 valence electrons. The fraction of sp³-hybridized carbons (Fsp3) is 0.556. The molecular weight excluding hydrogens is 242 g/mol. The Hall–Kier alpha value is -1.70. The molecule has 4 N–H and O–H groups in total. The second kappa shape index (κ2) is 5.09. The van der Waals surface area contributed by atoms with Crippen LogP contribution in [0.4, 0.5) is 5.13 Å². The van der Waals surface area contributed by atoms with E-state index in [1.165, 1.54) is 0 Å². The first-order chi connectivity index (χ1) is 7.86. The normalized spacial score (nSPS) is 11.0. The summed E-state index contributed by atoms with van der Waals surface area (Å²) < 4.78 is 0. The highest BCUT2D eigenvalue weighted by molar-refractivity contribution is 7.16. The fourth-order valence-corrected chi connectivity index (χ4v) is 1.65. The first-order valence-electron chi connectivity index (χ1n) is 4.96. The summed E-state index contributed by atoms with van der Waals surface area (Å²) in [5.74, 6) is -0.522. The Balaban J connectivity index is 2.57. The highest BCUT2D eigenvalue weighted by Gasteiger charge is 2.27. The lowest BCUT2D eigenvalue weighted by Gasteiger charge is -2.22. The van der Waals surface area contributed by atoms with Gasteiger partial charge in [0.1, 0.15) is 0 Å². The van der Waals surface area contributed by atoms with E-state index in [0.29, 0.717) is 0 Å². The third-order valence-corrected chi connectivity index (χ3v) is 2.92. The summed E-state index contributed by atoms with van der Waals surface area (Å²) in [6, 6.07) is 0. The molecule has 0 unspecified atom stereocenters. The fourth-order valence-electron chi connectivity index (χ4n) is 1.12. The van der Waals surface area contributed by atoms with E-state index in [4.69, 9.17) is 5.73 Å². The van der Waals surface area contributed by atoms with E-state index in [1.807, 2.05) is 0 Å². The van der Waals surface area contributed by atoms with Gasteiger partial charge in [-0.15, -0.1) is 10.2 Å². The number of rotatable bonds is 4. The van der Waals surface area contributed by atoms with Gasteiger partial charge >= 0.3 is 0 Å². The Bertz CT molecular complexity index is 429. The Kier molecular flexibility index (Phi) is 4.00. The molecule has 8 heteroatoms. The molecule has 7 nitrogen and oxygen atoms in total. The molecule has 1 rings (SSSR count). The molecule has 17 heavy (non-hydrogen) atoms. The van der Waals surface area contributed by atoms with Crippen LogP contribution in [-0.2, 0) is 4.79 Å². The van der Waals surface area contributed by atoms with Crippen LogP contribution in [0.5, 0.6) is 0 Å². The number of amides is 2. The number of carbonyl (C=O) groups excluding carboxylic acids is 2. The molecule has 0 spiro atoms. The summed E-state index contributed by atoms with van der Waals surface area (Å²) in [6.07, 6.45) is 0. The van der Waals surface area contributed by atoms with Gasteiger partial charge in [0.05, 0.1) is 5.41 Å². The van der Waals surface area contributed by atoms with E-state index in [9.17, 15) is 9.59 Å². The van der Waals surface area contributed by atoms with Crippen LogP contribution in [0.2, 0.25) is 0 Å². The van der Waals surface area contributed by atoms with Gasteiger partial charge in [-0.05, 0) is 13.8 Å². The van der Waals surface area contributed by atoms with Crippen LogP contribution < -0.4 is 16.4 Å². The first-order valence-corrected chi connectivity index (χ1v) is 5.78. The van der Waals surface area contributed by atoms with Crippen LogP contribution >= 0.6 is 11.3 Å². The Morgan fingerprint density at radius 3 is 2.53 bits per heavy atom. The van der Waals surface area contributed by atoms with Crippen molar-refractivity contribution < 1.29 is 9.59 Å². The zero-order valence-corrected chi connectivity index (χ0v) is 10.7. The van der Waals surface area contributed by atoms with Gasteiger partial charge in [0.25, 0.3) is 5.91 Å². The van der Waals surface area contributed by atoms with Crippen LogP contribution in [0.25, 0.3) is 0 Å². The van der Waals surface area contributed by atoms with E-state index in [2.05, 4.69) is 20.8 Å². The lowest BCUT2D eigenvalue weighted by molar-refractivity contribution is -0.128. The second-order valence-corrected chi connectivity index (χ2v) is 5.10. The Labute approximate surface area is 103 Å². The first kappa shape index (κ1) is 13.4. The van der Waals surface area contributed by atoms with Gasteiger partial charge in [0, 0.05) is 13.6 Å². The monoisotopic (exact) mass is 257 g/mol. The van der Waals surface area contributed by atoms with E-state index in [-0.39, 0.29) is 28.5 Å². The number of hydrogen-bond acceptors (Lipinski definition) is 6. The number of anilines is 1. The summed E-state index contributed by atoms with van der Waals surface area (Å²) in [7, 11) is 1.55. The molecular formula is C9H15N5O2S. The van der Waals surface area contributed by atoms with E-state index in [0.717, 1.165) is 11.3 Å². The summed E-state index contributed by atoms with van der Waals surface area (Å²) in [4.78, 5) is 23.1. The minimum Gasteiger partial charge on any atom is -0.374 e. The van der Waals surface area contributed by atoms with Crippen molar-refractivity contribution in [3.8, 4) is 0 Å². The van der Waals surface area contributed by atoms with E-state index < -0.39 is 5.41 Å². The lowest BCUT2D eigenvalue weighted by atomic mass is 9.92. The number of nitrogens with two attached hydrogens (primary N) is 1. The molecule has 2 amide bonds. The lowest BCUT2D eigenvalue weighted by Crippen LogP contribution is -2.43. The molecule has 0 aliphatic carbocycles. The van der Waals surface area contributed by atoms with Crippen molar-refractivity contribution in [1.29, 1.82) is 0 Å². The number of nitrogens with zero attached hydrogens (tertiary/aromatic N) is 2.